The molecule has 1 unspecified atom stereocenters. The molecule has 1 atom stereocenters. The van der Waals surface area contributed by atoms with Crippen LogP contribution in [0.2, 0.25) is 0 Å². The SMILES string of the molecule is COc1ccc(C(C)NCCn2cccn2)cc1OC. The van der Waals surface area contributed by atoms with Crippen molar-refractivity contribution in [2.24, 2.45) is 0 Å². The smallest absolute Gasteiger partial charge is 0.161 e. The number of methoxy groups -OCH3 is 2. The average Bonchev–Trinajstić information content (AvgIpc) is 2.99. The highest BCUT2D eigenvalue weighted by Gasteiger charge is 2.09. The van der Waals surface area contributed by atoms with Crippen LogP contribution in [0.4, 0.5) is 0 Å². The van der Waals surface area contributed by atoms with Crippen LogP contribution in [0.3, 0.4) is 0 Å². The standard InChI is InChI=1S/C15H21N3O2/c1-12(16-8-10-18-9-4-7-17-18)13-5-6-14(19-2)15(11-13)20-3/h4-7,9,11-12,16H,8,10H2,1-3H3. The second-order valence-corrected chi connectivity index (χ2v) is 4.56. The molecule has 0 amide bonds. The number of hydrogen-bond donors (Lipinski definition) is 1. The van der Waals surface area contributed by atoms with E-state index in [1.165, 1.54) is 5.56 Å². The van der Waals surface area contributed by atoms with Crippen LogP contribution in [0.1, 0.15) is 18.5 Å². The Balaban J connectivity index is 1.93. The molecule has 1 aromatic carbocycles. The molecule has 0 fully saturated rings. The highest BCUT2D eigenvalue weighted by molar-refractivity contribution is 5.43. The van der Waals surface area contributed by atoms with Crippen molar-refractivity contribution in [2.75, 3.05) is 20.8 Å². The largest absolute Gasteiger partial charge is 0.493 e. The van der Waals surface area contributed by atoms with E-state index in [4.69, 9.17) is 9.47 Å². The molecule has 0 aliphatic heterocycles. The van der Waals surface area contributed by atoms with Gasteiger partial charge in [-0.15, -0.1) is 0 Å². The summed E-state index contributed by atoms with van der Waals surface area (Å²) in [5.74, 6) is 1.51. The molecule has 0 spiro atoms. The van der Waals surface area contributed by atoms with E-state index in [1.54, 1.807) is 20.4 Å². The van der Waals surface area contributed by atoms with Gasteiger partial charge in [0.2, 0.25) is 0 Å². The summed E-state index contributed by atoms with van der Waals surface area (Å²) in [5, 5.41) is 7.64. The van der Waals surface area contributed by atoms with E-state index in [1.807, 2.05) is 35.1 Å². The van der Waals surface area contributed by atoms with E-state index < -0.39 is 0 Å². The van der Waals surface area contributed by atoms with Gasteiger partial charge in [-0.3, -0.25) is 4.68 Å². The van der Waals surface area contributed by atoms with Gasteiger partial charge in [-0.05, 0) is 30.7 Å². The number of ether oxygens (including phenoxy) is 2. The number of benzene rings is 1. The molecule has 2 aromatic rings. The van der Waals surface area contributed by atoms with Gasteiger partial charge in [0.1, 0.15) is 0 Å². The van der Waals surface area contributed by atoms with Gasteiger partial charge < -0.3 is 14.8 Å². The van der Waals surface area contributed by atoms with Crippen molar-refractivity contribution in [1.82, 2.24) is 15.1 Å². The minimum absolute atomic E-state index is 0.241. The maximum absolute atomic E-state index is 5.32. The molecule has 0 bridgehead atoms. The van der Waals surface area contributed by atoms with Crippen LogP contribution >= 0.6 is 0 Å². The predicted octanol–water partition coefficient (Wildman–Crippen LogP) is 2.25. The van der Waals surface area contributed by atoms with E-state index in [2.05, 4.69) is 17.3 Å². The van der Waals surface area contributed by atoms with E-state index >= 15 is 0 Å². The van der Waals surface area contributed by atoms with Gasteiger partial charge in [-0.2, -0.15) is 5.10 Å². The zero-order valence-corrected chi connectivity index (χ0v) is 12.2. The van der Waals surface area contributed by atoms with E-state index in [-0.39, 0.29) is 6.04 Å². The van der Waals surface area contributed by atoms with Crippen molar-refractivity contribution >= 4 is 0 Å². The fraction of sp³-hybridized carbons (Fsp3) is 0.400. The minimum Gasteiger partial charge on any atom is -0.493 e. The van der Waals surface area contributed by atoms with E-state index in [0.717, 1.165) is 24.6 Å². The Bertz CT molecular complexity index is 526. The molecule has 108 valence electrons. The summed E-state index contributed by atoms with van der Waals surface area (Å²) < 4.78 is 12.5. The van der Waals surface area contributed by atoms with Crippen molar-refractivity contribution in [1.29, 1.82) is 0 Å². The van der Waals surface area contributed by atoms with E-state index in [0.29, 0.717) is 0 Å². The van der Waals surface area contributed by atoms with Gasteiger partial charge in [0.05, 0.1) is 20.8 Å². The van der Waals surface area contributed by atoms with Gasteiger partial charge in [0, 0.05) is 25.0 Å². The average molecular weight is 275 g/mol. The summed E-state index contributed by atoms with van der Waals surface area (Å²) >= 11 is 0. The Kier molecular flexibility index (Phi) is 5.01. The summed E-state index contributed by atoms with van der Waals surface area (Å²) in [6.07, 6.45) is 3.75. The summed E-state index contributed by atoms with van der Waals surface area (Å²) in [4.78, 5) is 0. The van der Waals surface area contributed by atoms with Crippen LogP contribution in [0, 0.1) is 0 Å². The minimum atomic E-state index is 0.241. The third-order valence-electron chi connectivity index (χ3n) is 3.26. The number of nitrogens with one attached hydrogen (secondary N) is 1. The first-order valence-corrected chi connectivity index (χ1v) is 6.67. The molecule has 1 N–H and O–H groups in total. The molecule has 0 aliphatic carbocycles. The van der Waals surface area contributed by atoms with Crippen LogP contribution < -0.4 is 14.8 Å². The lowest BCUT2D eigenvalue weighted by molar-refractivity contribution is 0.354. The summed E-state index contributed by atoms with van der Waals surface area (Å²) in [5.41, 5.74) is 1.17. The molecule has 1 aromatic heterocycles. The van der Waals surface area contributed by atoms with Crippen LogP contribution in [-0.2, 0) is 6.54 Å². The molecule has 20 heavy (non-hydrogen) atoms. The Morgan fingerprint density at radius 2 is 2.05 bits per heavy atom. The van der Waals surface area contributed by atoms with Gasteiger partial charge in [-0.1, -0.05) is 6.07 Å². The number of aromatic nitrogens is 2. The van der Waals surface area contributed by atoms with Crippen LogP contribution in [0.25, 0.3) is 0 Å². The van der Waals surface area contributed by atoms with Gasteiger partial charge in [0.15, 0.2) is 11.5 Å². The van der Waals surface area contributed by atoms with Crippen molar-refractivity contribution in [3.05, 3.63) is 42.2 Å². The van der Waals surface area contributed by atoms with Crippen molar-refractivity contribution in [3.63, 3.8) is 0 Å². The Morgan fingerprint density at radius 3 is 2.70 bits per heavy atom. The fourth-order valence-corrected chi connectivity index (χ4v) is 2.07. The Morgan fingerprint density at radius 1 is 1.25 bits per heavy atom. The topological polar surface area (TPSA) is 48.3 Å². The fourth-order valence-electron chi connectivity index (χ4n) is 2.07. The van der Waals surface area contributed by atoms with Gasteiger partial charge in [0.25, 0.3) is 0 Å². The molecular formula is C15H21N3O2. The second kappa shape index (κ2) is 6.96. The maximum Gasteiger partial charge on any atom is 0.161 e. The summed E-state index contributed by atoms with van der Waals surface area (Å²) in [6, 6.07) is 8.15. The normalized spacial score (nSPS) is 12.2. The lowest BCUT2D eigenvalue weighted by Gasteiger charge is -2.16. The van der Waals surface area contributed by atoms with Gasteiger partial charge >= 0.3 is 0 Å². The first-order valence-electron chi connectivity index (χ1n) is 6.67. The predicted molar refractivity (Wildman–Crippen MR) is 78.2 cm³/mol. The zero-order valence-electron chi connectivity index (χ0n) is 12.2. The number of rotatable bonds is 7. The quantitative estimate of drug-likeness (QED) is 0.842. The zero-order chi connectivity index (χ0) is 14.4. The molecule has 2 rings (SSSR count). The number of hydrogen-bond acceptors (Lipinski definition) is 4. The molecule has 0 saturated heterocycles. The highest BCUT2D eigenvalue weighted by atomic mass is 16.5. The maximum atomic E-state index is 5.32. The third-order valence-corrected chi connectivity index (χ3v) is 3.26. The summed E-state index contributed by atoms with van der Waals surface area (Å²) in [6.45, 7) is 3.84. The van der Waals surface area contributed by atoms with Crippen LogP contribution in [0.5, 0.6) is 11.5 Å². The Labute approximate surface area is 119 Å². The third kappa shape index (κ3) is 3.51. The first kappa shape index (κ1) is 14.4. The summed E-state index contributed by atoms with van der Waals surface area (Å²) in [7, 11) is 3.29. The molecule has 5 nitrogen and oxygen atoms in total. The first-order chi connectivity index (χ1) is 9.74. The highest BCUT2D eigenvalue weighted by Crippen LogP contribution is 2.29. The Hall–Kier alpha value is -2.01. The second-order valence-electron chi connectivity index (χ2n) is 4.56. The monoisotopic (exact) mass is 275 g/mol. The van der Waals surface area contributed by atoms with Crippen LogP contribution in [0.15, 0.2) is 36.7 Å². The van der Waals surface area contributed by atoms with Crippen molar-refractivity contribution in [3.8, 4) is 11.5 Å². The molecule has 1 heterocycles. The van der Waals surface area contributed by atoms with E-state index in [9.17, 15) is 0 Å². The molecule has 0 saturated carbocycles. The number of nitrogens with zero attached hydrogens (tertiary/aromatic N) is 2. The lowest BCUT2D eigenvalue weighted by Crippen LogP contribution is -2.23. The van der Waals surface area contributed by atoms with Crippen LogP contribution in [-0.4, -0.2) is 30.5 Å². The molecule has 0 aliphatic rings. The molecular weight excluding hydrogens is 254 g/mol. The molecule has 0 radical (unpaired) electrons. The lowest BCUT2D eigenvalue weighted by atomic mass is 10.1. The molecule has 5 heteroatoms. The van der Waals surface area contributed by atoms with Gasteiger partial charge in [-0.25, -0.2) is 0 Å². The van der Waals surface area contributed by atoms with Crippen molar-refractivity contribution in [2.45, 2.75) is 19.5 Å². The van der Waals surface area contributed by atoms with Crippen molar-refractivity contribution < 1.29 is 9.47 Å².